The number of hydrogen-bond acceptors (Lipinski definition) is 4. The van der Waals surface area contributed by atoms with Crippen LogP contribution in [0.1, 0.15) is 5.56 Å². The SMILES string of the molecule is O=[N+]([O-])c1cc(F)c(NCc2cccnc2)c(F)c1. The summed E-state index contributed by atoms with van der Waals surface area (Å²) in [4.78, 5) is 13.5. The van der Waals surface area contributed by atoms with Crippen molar-refractivity contribution in [1.82, 2.24) is 4.98 Å². The van der Waals surface area contributed by atoms with E-state index in [4.69, 9.17) is 0 Å². The van der Waals surface area contributed by atoms with Crippen molar-refractivity contribution in [2.45, 2.75) is 6.54 Å². The molecule has 0 aliphatic rings. The Morgan fingerprint density at radius 3 is 2.53 bits per heavy atom. The van der Waals surface area contributed by atoms with Crippen molar-refractivity contribution in [3.05, 3.63) is 64.0 Å². The summed E-state index contributed by atoms with van der Waals surface area (Å²) in [5, 5.41) is 13.0. The molecular formula is C12H9F2N3O2. The zero-order valence-electron chi connectivity index (χ0n) is 9.64. The minimum atomic E-state index is -1.00. The number of halogens is 2. The summed E-state index contributed by atoms with van der Waals surface area (Å²) in [6, 6.07) is 4.78. The van der Waals surface area contributed by atoms with E-state index in [0.717, 1.165) is 5.56 Å². The lowest BCUT2D eigenvalue weighted by Crippen LogP contribution is -2.05. The molecule has 1 aromatic heterocycles. The first-order chi connectivity index (χ1) is 9.08. The average Bonchev–Trinajstić information content (AvgIpc) is 2.38. The van der Waals surface area contributed by atoms with Crippen LogP contribution in [-0.2, 0) is 6.54 Å². The van der Waals surface area contributed by atoms with Gasteiger partial charge < -0.3 is 5.32 Å². The molecule has 2 aromatic rings. The first-order valence-corrected chi connectivity index (χ1v) is 5.34. The number of nitro benzene ring substituents is 1. The maximum absolute atomic E-state index is 13.6. The van der Waals surface area contributed by atoms with Crippen molar-refractivity contribution in [2.24, 2.45) is 0 Å². The van der Waals surface area contributed by atoms with E-state index < -0.39 is 27.9 Å². The fourth-order valence-electron chi connectivity index (χ4n) is 1.53. The molecule has 0 aliphatic heterocycles. The molecule has 2 rings (SSSR count). The monoisotopic (exact) mass is 265 g/mol. The van der Waals surface area contributed by atoms with E-state index in [1.807, 2.05) is 0 Å². The normalized spacial score (nSPS) is 10.2. The number of hydrogen-bond donors (Lipinski definition) is 1. The Kier molecular flexibility index (Phi) is 3.65. The third-order valence-corrected chi connectivity index (χ3v) is 2.43. The van der Waals surface area contributed by atoms with Crippen molar-refractivity contribution < 1.29 is 13.7 Å². The first-order valence-electron chi connectivity index (χ1n) is 5.34. The van der Waals surface area contributed by atoms with Gasteiger partial charge in [-0.05, 0) is 11.6 Å². The van der Waals surface area contributed by atoms with Crippen LogP contribution in [0.2, 0.25) is 0 Å². The van der Waals surface area contributed by atoms with E-state index in [2.05, 4.69) is 10.3 Å². The smallest absolute Gasteiger partial charge is 0.275 e. The predicted molar refractivity (Wildman–Crippen MR) is 64.6 cm³/mol. The molecule has 7 heteroatoms. The number of anilines is 1. The summed E-state index contributed by atoms with van der Waals surface area (Å²) in [5.74, 6) is -2.01. The van der Waals surface area contributed by atoms with Gasteiger partial charge in [0.05, 0.1) is 17.1 Å². The average molecular weight is 265 g/mol. The number of benzene rings is 1. The van der Waals surface area contributed by atoms with E-state index in [-0.39, 0.29) is 6.54 Å². The van der Waals surface area contributed by atoms with Gasteiger partial charge in [0, 0.05) is 18.9 Å². The number of nitrogens with zero attached hydrogens (tertiary/aromatic N) is 2. The molecule has 0 amide bonds. The molecule has 1 aromatic carbocycles. The molecule has 0 aliphatic carbocycles. The highest BCUT2D eigenvalue weighted by Gasteiger charge is 2.16. The van der Waals surface area contributed by atoms with Crippen molar-refractivity contribution in [3.63, 3.8) is 0 Å². The highest BCUT2D eigenvalue weighted by atomic mass is 19.1. The van der Waals surface area contributed by atoms with Gasteiger partial charge in [0.15, 0.2) is 11.6 Å². The minimum Gasteiger partial charge on any atom is -0.376 e. The lowest BCUT2D eigenvalue weighted by Gasteiger charge is -2.08. The Hall–Kier alpha value is -2.57. The van der Waals surface area contributed by atoms with Crippen molar-refractivity contribution in [2.75, 3.05) is 5.32 Å². The van der Waals surface area contributed by atoms with Crippen LogP contribution in [0.25, 0.3) is 0 Å². The van der Waals surface area contributed by atoms with Gasteiger partial charge in [0.2, 0.25) is 0 Å². The van der Waals surface area contributed by atoms with Crippen LogP contribution in [-0.4, -0.2) is 9.91 Å². The minimum absolute atomic E-state index is 0.166. The van der Waals surface area contributed by atoms with Gasteiger partial charge in [-0.3, -0.25) is 15.1 Å². The second kappa shape index (κ2) is 5.38. The highest BCUT2D eigenvalue weighted by molar-refractivity contribution is 5.51. The molecule has 0 saturated heterocycles. The molecule has 0 bridgehead atoms. The van der Waals surface area contributed by atoms with E-state index in [9.17, 15) is 18.9 Å². The number of nitrogens with one attached hydrogen (secondary N) is 1. The third kappa shape index (κ3) is 3.01. The summed E-state index contributed by atoms with van der Waals surface area (Å²) >= 11 is 0. The number of pyridine rings is 1. The van der Waals surface area contributed by atoms with Gasteiger partial charge in [-0.2, -0.15) is 0 Å². The Morgan fingerprint density at radius 1 is 1.32 bits per heavy atom. The lowest BCUT2D eigenvalue weighted by molar-refractivity contribution is -0.385. The van der Waals surface area contributed by atoms with Crippen LogP contribution in [0, 0.1) is 21.7 Å². The van der Waals surface area contributed by atoms with E-state index in [0.29, 0.717) is 12.1 Å². The van der Waals surface area contributed by atoms with E-state index >= 15 is 0 Å². The Labute approximate surface area is 107 Å². The largest absolute Gasteiger partial charge is 0.376 e. The lowest BCUT2D eigenvalue weighted by atomic mass is 10.2. The van der Waals surface area contributed by atoms with Crippen LogP contribution in [0.15, 0.2) is 36.7 Å². The van der Waals surface area contributed by atoms with Gasteiger partial charge in [0.25, 0.3) is 5.69 Å². The molecule has 1 N–H and O–H groups in total. The summed E-state index contributed by atoms with van der Waals surface area (Å²) in [6.45, 7) is 0.166. The maximum atomic E-state index is 13.6. The zero-order valence-corrected chi connectivity index (χ0v) is 9.64. The molecule has 0 saturated carbocycles. The Bertz CT molecular complexity index is 582. The summed E-state index contributed by atoms with van der Waals surface area (Å²) in [5.41, 5.74) is -0.281. The topological polar surface area (TPSA) is 68.1 Å². The van der Waals surface area contributed by atoms with Crippen molar-refractivity contribution in [3.8, 4) is 0 Å². The Balaban J connectivity index is 2.19. The van der Waals surface area contributed by atoms with Crippen LogP contribution >= 0.6 is 0 Å². The Morgan fingerprint density at radius 2 is 2.00 bits per heavy atom. The van der Waals surface area contributed by atoms with E-state index in [1.165, 1.54) is 0 Å². The summed E-state index contributed by atoms with van der Waals surface area (Å²) in [6.07, 6.45) is 3.13. The van der Waals surface area contributed by atoms with Gasteiger partial charge >= 0.3 is 0 Å². The molecular weight excluding hydrogens is 256 g/mol. The van der Waals surface area contributed by atoms with Crippen molar-refractivity contribution >= 4 is 11.4 Å². The van der Waals surface area contributed by atoms with Crippen LogP contribution < -0.4 is 5.32 Å². The highest BCUT2D eigenvalue weighted by Crippen LogP contribution is 2.25. The fourth-order valence-corrected chi connectivity index (χ4v) is 1.53. The second-order valence-corrected chi connectivity index (χ2v) is 3.76. The number of non-ortho nitro benzene ring substituents is 1. The molecule has 0 atom stereocenters. The molecule has 0 spiro atoms. The zero-order chi connectivity index (χ0) is 13.8. The molecule has 19 heavy (non-hydrogen) atoms. The first kappa shape index (κ1) is 12.9. The predicted octanol–water partition coefficient (Wildman–Crippen LogP) is 2.88. The van der Waals surface area contributed by atoms with Crippen LogP contribution in [0.4, 0.5) is 20.2 Å². The molecule has 5 nitrogen and oxygen atoms in total. The van der Waals surface area contributed by atoms with Crippen molar-refractivity contribution in [1.29, 1.82) is 0 Å². The van der Waals surface area contributed by atoms with Gasteiger partial charge in [-0.1, -0.05) is 6.07 Å². The van der Waals surface area contributed by atoms with Gasteiger partial charge in [0.1, 0.15) is 5.69 Å². The summed E-state index contributed by atoms with van der Waals surface area (Å²) < 4.78 is 27.1. The van der Waals surface area contributed by atoms with Gasteiger partial charge in [-0.25, -0.2) is 8.78 Å². The molecule has 0 radical (unpaired) electrons. The summed E-state index contributed by atoms with van der Waals surface area (Å²) in [7, 11) is 0. The second-order valence-electron chi connectivity index (χ2n) is 3.76. The molecule has 98 valence electrons. The maximum Gasteiger partial charge on any atom is 0.275 e. The standard InChI is InChI=1S/C12H9F2N3O2/c13-10-4-9(17(18)19)5-11(14)12(10)16-7-8-2-1-3-15-6-8/h1-6,16H,7H2. The quantitative estimate of drug-likeness (QED) is 0.681. The van der Waals surface area contributed by atoms with Gasteiger partial charge in [-0.15, -0.1) is 0 Å². The molecule has 0 fully saturated rings. The number of rotatable bonds is 4. The van der Waals surface area contributed by atoms with Crippen LogP contribution in [0.5, 0.6) is 0 Å². The van der Waals surface area contributed by atoms with E-state index in [1.54, 1.807) is 24.5 Å². The molecule has 0 unspecified atom stereocenters. The third-order valence-electron chi connectivity index (χ3n) is 2.43. The number of nitro groups is 1. The number of aromatic nitrogens is 1. The molecule has 1 heterocycles. The van der Waals surface area contributed by atoms with Crippen LogP contribution in [0.3, 0.4) is 0 Å². The fraction of sp³-hybridized carbons (Fsp3) is 0.0833.